The van der Waals surface area contributed by atoms with E-state index in [1.807, 2.05) is 13.8 Å². The molecule has 3 rings (SSSR count). The van der Waals surface area contributed by atoms with Crippen LogP contribution >= 0.6 is 0 Å². The minimum atomic E-state index is -0.00493. The minimum absolute atomic E-state index is 0.00493. The molecule has 4 nitrogen and oxygen atoms in total. The number of rotatable bonds is 3. The van der Waals surface area contributed by atoms with Crippen LogP contribution in [0.2, 0.25) is 0 Å². The van der Waals surface area contributed by atoms with Gasteiger partial charge in [-0.15, -0.1) is 0 Å². The van der Waals surface area contributed by atoms with E-state index in [1.54, 1.807) is 17.0 Å². The molecule has 2 saturated carbocycles. The SMILES string of the molecule is CC(C)n1ccnc(NC2C3(C)CCC(C3)C2(C)C)c1=O. The van der Waals surface area contributed by atoms with E-state index in [-0.39, 0.29) is 17.0 Å². The van der Waals surface area contributed by atoms with Crippen LogP contribution in [0.25, 0.3) is 0 Å². The maximum Gasteiger partial charge on any atom is 0.293 e. The van der Waals surface area contributed by atoms with Crippen molar-refractivity contribution in [2.24, 2.45) is 16.7 Å². The highest BCUT2D eigenvalue weighted by molar-refractivity contribution is 5.36. The van der Waals surface area contributed by atoms with Crippen molar-refractivity contribution < 1.29 is 0 Å². The standard InChI is InChI=1S/C17H27N3O/c1-11(2)20-9-8-18-13(14(20)21)19-15-16(3,4)12-6-7-17(15,5)10-12/h8-9,11-12,15H,6-7,10H2,1-5H3,(H,18,19). The van der Waals surface area contributed by atoms with Gasteiger partial charge < -0.3 is 9.88 Å². The van der Waals surface area contributed by atoms with Crippen LogP contribution in [0.1, 0.15) is 59.9 Å². The average Bonchev–Trinajstić information content (AvgIpc) is 2.87. The third-order valence-electron chi connectivity index (χ3n) is 5.98. The van der Waals surface area contributed by atoms with Crippen molar-refractivity contribution in [3.05, 3.63) is 22.7 Å². The molecule has 3 unspecified atom stereocenters. The predicted octanol–water partition coefficient (Wildman–Crippen LogP) is 3.45. The highest BCUT2D eigenvalue weighted by Crippen LogP contribution is 2.62. The minimum Gasteiger partial charge on any atom is -0.362 e. The van der Waals surface area contributed by atoms with Gasteiger partial charge in [-0.25, -0.2) is 4.98 Å². The molecule has 116 valence electrons. The Morgan fingerprint density at radius 3 is 2.67 bits per heavy atom. The Morgan fingerprint density at radius 1 is 1.38 bits per heavy atom. The summed E-state index contributed by atoms with van der Waals surface area (Å²) in [6, 6.07) is 0.483. The number of nitrogens with zero attached hydrogens (tertiary/aromatic N) is 2. The first-order valence-corrected chi connectivity index (χ1v) is 8.09. The van der Waals surface area contributed by atoms with Crippen LogP contribution in [0.4, 0.5) is 5.82 Å². The topological polar surface area (TPSA) is 46.9 Å². The largest absolute Gasteiger partial charge is 0.362 e. The molecule has 0 spiro atoms. The van der Waals surface area contributed by atoms with E-state index in [9.17, 15) is 4.79 Å². The summed E-state index contributed by atoms with van der Waals surface area (Å²) in [6.45, 7) is 11.1. The molecule has 21 heavy (non-hydrogen) atoms. The molecule has 0 aromatic carbocycles. The average molecular weight is 289 g/mol. The summed E-state index contributed by atoms with van der Waals surface area (Å²) in [5.74, 6) is 1.27. The molecule has 1 aromatic rings. The third kappa shape index (κ3) is 2.11. The molecule has 1 aromatic heterocycles. The zero-order valence-corrected chi connectivity index (χ0v) is 13.8. The lowest BCUT2D eigenvalue weighted by molar-refractivity contribution is 0.155. The highest BCUT2D eigenvalue weighted by Gasteiger charge is 2.59. The fraction of sp³-hybridized carbons (Fsp3) is 0.765. The van der Waals surface area contributed by atoms with E-state index in [0.29, 0.717) is 17.3 Å². The molecule has 0 radical (unpaired) electrons. The van der Waals surface area contributed by atoms with Crippen LogP contribution in [0, 0.1) is 16.7 Å². The Balaban J connectivity index is 1.94. The van der Waals surface area contributed by atoms with Crippen LogP contribution in [-0.4, -0.2) is 15.6 Å². The number of fused-ring (bicyclic) bond motifs is 2. The van der Waals surface area contributed by atoms with Crippen LogP contribution in [-0.2, 0) is 0 Å². The molecular weight excluding hydrogens is 262 g/mol. The maximum absolute atomic E-state index is 12.6. The van der Waals surface area contributed by atoms with Gasteiger partial charge >= 0.3 is 0 Å². The molecule has 2 aliphatic rings. The molecule has 3 atom stereocenters. The highest BCUT2D eigenvalue weighted by atomic mass is 16.1. The third-order valence-corrected chi connectivity index (χ3v) is 5.98. The van der Waals surface area contributed by atoms with E-state index in [0.717, 1.165) is 5.92 Å². The van der Waals surface area contributed by atoms with Gasteiger partial charge in [0.25, 0.3) is 5.56 Å². The predicted molar refractivity (Wildman–Crippen MR) is 85.5 cm³/mol. The smallest absolute Gasteiger partial charge is 0.293 e. The van der Waals surface area contributed by atoms with Crippen molar-refractivity contribution in [1.29, 1.82) is 0 Å². The van der Waals surface area contributed by atoms with Crippen LogP contribution in [0.15, 0.2) is 17.2 Å². The fourth-order valence-electron chi connectivity index (χ4n) is 4.73. The summed E-state index contributed by atoms with van der Waals surface area (Å²) in [5, 5.41) is 3.52. The lowest BCUT2D eigenvalue weighted by atomic mass is 9.68. The van der Waals surface area contributed by atoms with Crippen molar-refractivity contribution in [2.45, 2.75) is 66.0 Å². The lowest BCUT2D eigenvalue weighted by Gasteiger charge is -2.43. The summed E-state index contributed by atoms with van der Waals surface area (Å²) in [5.41, 5.74) is 0.509. The first-order valence-electron chi connectivity index (χ1n) is 8.09. The van der Waals surface area contributed by atoms with Crippen LogP contribution in [0.5, 0.6) is 0 Å². The molecule has 1 heterocycles. The zero-order valence-electron chi connectivity index (χ0n) is 13.8. The second-order valence-corrected chi connectivity index (χ2v) is 8.07. The number of aromatic nitrogens is 2. The van der Waals surface area contributed by atoms with Gasteiger partial charge in [0, 0.05) is 24.5 Å². The van der Waals surface area contributed by atoms with Crippen LogP contribution in [0.3, 0.4) is 0 Å². The Hall–Kier alpha value is -1.32. The van der Waals surface area contributed by atoms with Crippen molar-refractivity contribution in [2.75, 3.05) is 5.32 Å². The van der Waals surface area contributed by atoms with E-state index in [2.05, 4.69) is 31.1 Å². The Bertz CT molecular complexity index is 600. The van der Waals surface area contributed by atoms with Crippen molar-refractivity contribution in [3.8, 4) is 0 Å². The molecule has 2 bridgehead atoms. The Labute approximate surface area is 127 Å². The maximum atomic E-state index is 12.6. The normalized spacial score (nSPS) is 33.6. The molecule has 2 fully saturated rings. The van der Waals surface area contributed by atoms with Crippen molar-refractivity contribution >= 4 is 5.82 Å². The van der Waals surface area contributed by atoms with Gasteiger partial charge in [-0.3, -0.25) is 4.79 Å². The Kier molecular flexibility index (Phi) is 3.19. The number of hydrogen-bond acceptors (Lipinski definition) is 3. The summed E-state index contributed by atoms with van der Waals surface area (Å²) in [4.78, 5) is 16.9. The molecule has 4 heteroatoms. The van der Waals surface area contributed by atoms with Crippen LogP contribution < -0.4 is 10.9 Å². The molecular formula is C17H27N3O. The van der Waals surface area contributed by atoms with Gasteiger partial charge in [-0.05, 0) is 49.9 Å². The van der Waals surface area contributed by atoms with Gasteiger partial charge in [0.05, 0.1) is 0 Å². The summed E-state index contributed by atoms with van der Waals surface area (Å²) >= 11 is 0. The van der Waals surface area contributed by atoms with Gasteiger partial charge in [0.2, 0.25) is 0 Å². The van der Waals surface area contributed by atoms with E-state index >= 15 is 0 Å². The lowest BCUT2D eigenvalue weighted by Crippen LogP contribution is -2.47. The molecule has 2 aliphatic carbocycles. The summed E-state index contributed by atoms with van der Waals surface area (Å²) < 4.78 is 1.75. The summed E-state index contributed by atoms with van der Waals surface area (Å²) in [7, 11) is 0. The zero-order chi connectivity index (χ0) is 15.4. The first-order chi connectivity index (χ1) is 9.75. The van der Waals surface area contributed by atoms with Gasteiger partial charge in [-0.1, -0.05) is 20.8 Å². The molecule has 0 aliphatic heterocycles. The first kappa shape index (κ1) is 14.6. The molecule has 0 saturated heterocycles. The summed E-state index contributed by atoms with van der Waals surface area (Å²) in [6.07, 6.45) is 7.34. The van der Waals surface area contributed by atoms with E-state index < -0.39 is 0 Å². The Morgan fingerprint density at radius 2 is 2.10 bits per heavy atom. The molecule has 1 N–H and O–H groups in total. The monoisotopic (exact) mass is 289 g/mol. The second-order valence-electron chi connectivity index (χ2n) is 8.07. The number of nitrogens with one attached hydrogen (secondary N) is 1. The van der Waals surface area contributed by atoms with Crippen molar-refractivity contribution in [1.82, 2.24) is 9.55 Å². The van der Waals surface area contributed by atoms with Crippen molar-refractivity contribution in [3.63, 3.8) is 0 Å². The molecule has 0 amide bonds. The number of anilines is 1. The fourth-order valence-corrected chi connectivity index (χ4v) is 4.73. The van der Waals surface area contributed by atoms with E-state index in [4.69, 9.17) is 0 Å². The second kappa shape index (κ2) is 4.59. The van der Waals surface area contributed by atoms with E-state index in [1.165, 1.54) is 19.3 Å². The van der Waals surface area contributed by atoms with Gasteiger partial charge in [-0.2, -0.15) is 0 Å². The quantitative estimate of drug-likeness (QED) is 0.927. The number of hydrogen-bond donors (Lipinski definition) is 1. The van der Waals surface area contributed by atoms with Gasteiger partial charge in [0.15, 0.2) is 5.82 Å². The van der Waals surface area contributed by atoms with Gasteiger partial charge in [0.1, 0.15) is 0 Å².